The number of aromatic amines is 1. The number of benzene rings is 1. The number of anilines is 1. The molecule has 2 aromatic heterocycles. The molecule has 23 heavy (non-hydrogen) atoms. The monoisotopic (exact) mass is 315 g/mol. The van der Waals surface area contributed by atoms with E-state index in [2.05, 4.69) is 9.97 Å². The summed E-state index contributed by atoms with van der Waals surface area (Å²) >= 11 is 0. The minimum atomic E-state index is -1.24. The van der Waals surface area contributed by atoms with Gasteiger partial charge in [-0.2, -0.15) is 0 Å². The van der Waals surface area contributed by atoms with Crippen molar-refractivity contribution in [3.05, 3.63) is 48.4 Å². The lowest BCUT2D eigenvalue weighted by Crippen LogP contribution is -2.21. The maximum Gasteiger partial charge on any atom is 0.145 e. The second kappa shape index (κ2) is 5.31. The van der Waals surface area contributed by atoms with E-state index in [9.17, 15) is 13.9 Å². The second-order valence-corrected chi connectivity index (χ2v) is 5.81. The highest BCUT2D eigenvalue weighted by molar-refractivity contribution is 5.85. The van der Waals surface area contributed by atoms with Crippen LogP contribution in [0.15, 0.2) is 42.6 Å². The number of nitrogens with one attached hydrogen (secondary N) is 1. The predicted molar refractivity (Wildman–Crippen MR) is 84.6 cm³/mol. The number of pyridine rings is 1. The van der Waals surface area contributed by atoms with Crippen LogP contribution in [0, 0.1) is 5.82 Å². The molecule has 0 saturated carbocycles. The fourth-order valence-corrected chi connectivity index (χ4v) is 2.92. The number of halogens is 2. The normalized spacial score (nSPS) is 21.3. The maximum atomic E-state index is 13.4. The van der Waals surface area contributed by atoms with Crippen LogP contribution >= 0.6 is 0 Å². The summed E-state index contributed by atoms with van der Waals surface area (Å²) in [6.45, 7) is 0.401. The Morgan fingerprint density at radius 1 is 1.17 bits per heavy atom. The Bertz CT molecular complexity index is 837. The topological polar surface area (TPSA) is 52.1 Å². The van der Waals surface area contributed by atoms with Gasteiger partial charge in [0.25, 0.3) is 0 Å². The first kappa shape index (κ1) is 14.1. The molecule has 1 aromatic carbocycles. The first-order chi connectivity index (χ1) is 11.1. The zero-order valence-corrected chi connectivity index (χ0v) is 12.2. The molecule has 1 saturated heterocycles. The fraction of sp³-hybridized carbons (Fsp3) is 0.235. The summed E-state index contributed by atoms with van der Waals surface area (Å²) in [4.78, 5) is 9.23. The minimum Gasteiger partial charge on any atom is -0.388 e. The molecule has 0 radical (unpaired) electrons. The van der Waals surface area contributed by atoms with E-state index in [1.807, 2.05) is 12.1 Å². The van der Waals surface area contributed by atoms with Gasteiger partial charge in [-0.3, -0.25) is 0 Å². The molecular weight excluding hydrogens is 300 g/mol. The van der Waals surface area contributed by atoms with Crippen LogP contribution in [0.1, 0.15) is 0 Å². The average molecular weight is 315 g/mol. The molecule has 118 valence electrons. The number of rotatable bonds is 2. The first-order valence-electron chi connectivity index (χ1n) is 7.42. The quantitative estimate of drug-likeness (QED) is 0.764. The molecule has 4 nitrogen and oxygen atoms in total. The van der Waals surface area contributed by atoms with Gasteiger partial charge in [-0.05, 0) is 36.4 Å². The van der Waals surface area contributed by atoms with E-state index >= 15 is 0 Å². The van der Waals surface area contributed by atoms with Gasteiger partial charge < -0.3 is 15.0 Å². The van der Waals surface area contributed by atoms with Crippen LogP contribution in [-0.2, 0) is 0 Å². The lowest BCUT2D eigenvalue weighted by Gasteiger charge is -2.16. The highest BCUT2D eigenvalue weighted by atomic mass is 19.1. The van der Waals surface area contributed by atoms with Crippen LogP contribution < -0.4 is 4.90 Å². The van der Waals surface area contributed by atoms with E-state index in [1.165, 1.54) is 12.1 Å². The van der Waals surface area contributed by atoms with Crippen LogP contribution in [0.25, 0.3) is 22.2 Å². The average Bonchev–Trinajstić information content (AvgIpc) is 3.11. The second-order valence-electron chi connectivity index (χ2n) is 5.81. The molecule has 0 aliphatic carbocycles. The van der Waals surface area contributed by atoms with Crippen LogP contribution in [0.3, 0.4) is 0 Å². The predicted octanol–water partition coefficient (Wildman–Crippen LogP) is 2.89. The van der Waals surface area contributed by atoms with E-state index in [-0.39, 0.29) is 18.9 Å². The van der Waals surface area contributed by atoms with E-state index in [0.717, 1.165) is 22.2 Å². The third-order valence-corrected chi connectivity index (χ3v) is 4.19. The zero-order chi connectivity index (χ0) is 16.0. The Morgan fingerprint density at radius 3 is 2.74 bits per heavy atom. The van der Waals surface area contributed by atoms with E-state index in [4.69, 9.17) is 0 Å². The van der Waals surface area contributed by atoms with Crippen molar-refractivity contribution in [3.8, 4) is 11.3 Å². The summed E-state index contributed by atoms with van der Waals surface area (Å²) in [5, 5.41) is 10.4. The number of hydrogen-bond acceptors (Lipinski definition) is 3. The number of alkyl halides is 1. The van der Waals surface area contributed by atoms with Crippen molar-refractivity contribution in [1.29, 1.82) is 0 Å². The summed E-state index contributed by atoms with van der Waals surface area (Å²) in [6, 6.07) is 10.2. The van der Waals surface area contributed by atoms with Crippen molar-refractivity contribution in [2.24, 2.45) is 0 Å². The number of aliphatic hydroxyl groups excluding tert-OH is 1. The van der Waals surface area contributed by atoms with Crippen molar-refractivity contribution in [2.75, 3.05) is 18.0 Å². The SMILES string of the molecule is O[C@H]1CN(c2ccc(-c3cc4ccc(F)cc4[nH]3)cn2)C[C@@H]1F. The molecule has 6 heteroatoms. The fourth-order valence-electron chi connectivity index (χ4n) is 2.92. The van der Waals surface area contributed by atoms with Gasteiger partial charge in [0.2, 0.25) is 0 Å². The number of nitrogens with zero attached hydrogens (tertiary/aromatic N) is 2. The first-order valence-corrected chi connectivity index (χ1v) is 7.42. The summed E-state index contributed by atoms with van der Waals surface area (Å²) in [7, 11) is 0. The number of fused-ring (bicyclic) bond motifs is 1. The smallest absolute Gasteiger partial charge is 0.145 e. The van der Waals surface area contributed by atoms with Gasteiger partial charge in [-0.1, -0.05) is 0 Å². The molecule has 4 rings (SSSR count). The van der Waals surface area contributed by atoms with E-state index in [0.29, 0.717) is 5.82 Å². The highest BCUT2D eigenvalue weighted by Crippen LogP contribution is 2.26. The van der Waals surface area contributed by atoms with Crippen molar-refractivity contribution in [2.45, 2.75) is 12.3 Å². The molecular formula is C17H15F2N3O. The number of aliphatic hydroxyl groups is 1. The van der Waals surface area contributed by atoms with Crippen LogP contribution in [-0.4, -0.2) is 40.4 Å². The largest absolute Gasteiger partial charge is 0.388 e. The molecule has 0 amide bonds. The lowest BCUT2D eigenvalue weighted by molar-refractivity contribution is 0.118. The summed E-state index contributed by atoms with van der Waals surface area (Å²) in [5.74, 6) is 0.350. The van der Waals surface area contributed by atoms with E-state index < -0.39 is 12.3 Å². The lowest BCUT2D eigenvalue weighted by atomic mass is 10.2. The van der Waals surface area contributed by atoms with Gasteiger partial charge in [-0.15, -0.1) is 0 Å². The Hall–Kier alpha value is -2.47. The molecule has 2 atom stereocenters. The number of hydrogen-bond donors (Lipinski definition) is 2. The van der Waals surface area contributed by atoms with Gasteiger partial charge in [0, 0.05) is 34.9 Å². The molecule has 0 unspecified atom stereocenters. The van der Waals surface area contributed by atoms with Gasteiger partial charge in [0.15, 0.2) is 0 Å². The Labute approximate surface area is 131 Å². The molecule has 1 aliphatic heterocycles. The number of aromatic nitrogens is 2. The van der Waals surface area contributed by atoms with Crippen molar-refractivity contribution in [1.82, 2.24) is 9.97 Å². The molecule has 1 aliphatic rings. The molecule has 3 heterocycles. The number of H-pyrrole nitrogens is 1. The number of β-amino-alcohol motifs (C(OH)–C–C–N with tert-alkyl or cyclic N) is 1. The van der Waals surface area contributed by atoms with Crippen molar-refractivity contribution < 1.29 is 13.9 Å². The van der Waals surface area contributed by atoms with Crippen molar-refractivity contribution in [3.63, 3.8) is 0 Å². The van der Waals surface area contributed by atoms with Gasteiger partial charge in [-0.25, -0.2) is 13.8 Å². The molecule has 3 aromatic rings. The van der Waals surface area contributed by atoms with Crippen LogP contribution in [0.2, 0.25) is 0 Å². The van der Waals surface area contributed by atoms with Gasteiger partial charge in [0.05, 0.1) is 6.54 Å². The Balaban J connectivity index is 1.62. The minimum absolute atomic E-state index is 0.152. The third kappa shape index (κ3) is 2.55. The standard InChI is InChI=1S/C17H15F2N3O/c18-12-3-1-10-5-14(21-15(10)6-12)11-2-4-17(20-7-11)22-8-13(19)16(23)9-22/h1-7,13,16,21,23H,8-9H2/t13-,16-/m0/s1. The summed E-state index contributed by atoms with van der Waals surface area (Å²) in [6.07, 6.45) is -0.505. The zero-order valence-electron chi connectivity index (χ0n) is 12.2. The molecule has 0 spiro atoms. The third-order valence-electron chi connectivity index (χ3n) is 4.19. The van der Waals surface area contributed by atoms with Crippen molar-refractivity contribution >= 4 is 16.7 Å². The summed E-state index contributed by atoms with van der Waals surface area (Å²) in [5.41, 5.74) is 2.43. The van der Waals surface area contributed by atoms with Gasteiger partial charge in [0.1, 0.15) is 23.9 Å². The van der Waals surface area contributed by atoms with Crippen LogP contribution in [0.5, 0.6) is 0 Å². The highest BCUT2D eigenvalue weighted by Gasteiger charge is 2.31. The summed E-state index contributed by atoms with van der Waals surface area (Å²) < 4.78 is 26.6. The van der Waals surface area contributed by atoms with Gasteiger partial charge >= 0.3 is 0 Å². The Morgan fingerprint density at radius 2 is 2.04 bits per heavy atom. The maximum absolute atomic E-state index is 13.4. The van der Waals surface area contributed by atoms with E-state index in [1.54, 1.807) is 23.2 Å². The Kier molecular flexibility index (Phi) is 3.27. The molecule has 0 bridgehead atoms. The molecule has 2 N–H and O–H groups in total. The van der Waals surface area contributed by atoms with Crippen LogP contribution in [0.4, 0.5) is 14.6 Å². The molecule has 1 fully saturated rings.